The molecular formula is C26H21Cl2N3O3. The van der Waals surface area contributed by atoms with E-state index in [0.717, 1.165) is 21.6 Å². The molecule has 172 valence electrons. The topological polar surface area (TPSA) is 69.7 Å². The molecule has 1 N–H and O–H groups in total. The molecule has 2 saturated heterocycles. The van der Waals surface area contributed by atoms with Crippen LogP contribution >= 0.6 is 23.2 Å². The number of hydrogen-bond acceptors (Lipinski definition) is 4. The molecule has 0 radical (unpaired) electrons. The standard InChI is InChI=1S/C26H21Cl2N3O3/c1-14-3-7-16(8-4-14)22-21-23(31(29-22)24(32)17-9-5-15(2)6-10-17)26(34)30(25(21)33)20-12-11-18(27)13-19(20)28/h3-13,21-23,29H,1-2H3/t21-,22-,23-/m1/s1. The highest BCUT2D eigenvalue weighted by molar-refractivity contribution is 6.38. The maximum Gasteiger partial charge on any atom is 0.268 e. The largest absolute Gasteiger partial charge is 0.274 e. The van der Waals surface area contributed by atoms with Gasteiger partial charge in [0.25, 0.3) is 11.8 Å². The minimum atomic E-state index is -1.01. The Morgan fingerprint density at radius 3 is 2.09 bits per heavy atom. The monoisotopic (exact) mass is 493 g/mol. The Morgan fingerprint density at radius 1 is 0.853 bits per heavy atom. The lowest BCUT2D eigenvalue weighted by Gasteiger charge is -2.25. The highest BCUT2D eigenvalue weighted by atomic mass is 35.5. The fraction of sp³-hybridized carbons (Fsp3) is 0.192. The van der Waals surface area contributed by atoms with Gasteiger partial charge in [-0.05, 0) is 49.7 Å². The summed E-state index contributed by atoms with van der Waals surface area (Å²) in [5.41, 5.74) is 6.72. The maximum atomic E-state index is 13.7. The number of hydrazine groups is 1. The highest BCUT2D eigenvalue weighted by Crippen LogP contribution is 2.44. The molecule has 6 nitrogen and oxygen atoms in total. The zero-order valence-corrected chi connectivity index (χ0v) is 20.0. The number of aryl methyl sites for hydroxylation is 2. The molecule has 0 spiro atoms. The van der Waals surface area contributed by atoms with E-state index in [1.165, 1.54) is 11.1 Å². The molecular weight excluding hydrogens is 473 g/mol. The van der Waals surface area contributed by atoms with Crippen LogP contribution in [0.2, 0.25) is 10.0 Å². The third-order valence-electron chi connectivity index (χ3n) is 6.34. The number of amides is 3. The molecule has 0 unspecified atom stereocenters. The number of imide groups is 1. The third-order valence-corrected chi connectivity index (χ3v) is 6.88. The quantitative estimate of drug-likeness (QED) is 0.528. The summed E-state index contributed by atoms with van der Waals surface area (Å²) < 4.78 is 0. The van der Waals surface area contributed by atoms with E-state index in [1.807, 2.05) is 50.2 Å². The van der Waals surface area contributed by atoms with Crippen LogP contribution in [0, 0.1) is 19.8 Å². The molecule has 0 aliphatic carbocycles. The second-order valence-corrected chi connectivity index (χ2v) is 9.48. The molecule has 3 aromatic carbocycles. The predicted molar refractivity (Wildman–Crippen MR) is 131 cm³/mol. The van der Waals surface area contributed by atoms with E-state index in [1.54, 1.807) is 24.3 Å². The molecule has 34 heavy (non-hydrogen) atoms. The number of halogens is 2. The molecule has 2 aliphatic rings. The van der Waals surface area contributed by atoms with Gasteiger partial charge in [-0.3, -0.25) is 19.4 Å². The van der Waals surface area contributed by atoms with Gasteiger partial charge in [-0.2, -0.15) is 0 Å². The summed E-state index contributed by atoms with van der Waals surface area (Å²) >= 11 is 12.4. The van der Waals surface area contributed by atoms with Gasteiger partial charge in [0.05, 0.1) is 22.7 Å². The number of nitrogens with zero attached hydrogens (tertiary/aromatic N) is 2. The molecule has 3 atom stereocenters. The average Bonchev–Trinajstić information content (AvgIpc) is 3.32. The fourth-order valence-electron chi connectivity index (χ4n) is 4.56. The molecule has 0 aromatic heterocycles. The minimum absolute atomic E-state index is 0.186. The molecule has 2 heterocycles. The molecule has 5 rings (SSSR count). The number of benzene rings is 3. The number of nitrogens with one attached hydrogen (secondary N) is 1. The number of hydrogen-bond donors (Lipinski definition) is 1. The normalized spacial score (nSPS) is 21.8. The van der Waals surface area contributed by atoms with Crippen molar-refractivity contribution in [3.63, 3.8) is 0 Å². The van der Waals surface area contributed by atoms with Crippen LogP contribution in [-0.2, 0) is 9.59 Å². The molecule has 8 heteroatoms. The molecule has 2 fully saturated rings. The van der Waals surface area contributed by atoms with Gasteiger partial charge < -0.3 is 0 Å². The number of carbonyl (C=O) groups is 3. The van der Waals surface area contributed by atoms with E-state index in [2.05, 4.69) is 5.43 Å². The zero-order chi connectivity index (χ0) is 24.1. The van der Waals surface area contributed by atoms with E-state index in [-0.39, 0.29) is 16.6 Å². The van der Waals surface area contributed by atoms with Crippen LogP contribution in [0.5, 0.6) is 0 Å². The van der Waals surface area contributed by atoms with Crippen molar-refractivity contribution in [2.24, 2.45) is 5.92 Å². The lowest BCUT2D eigenvalue weighted by molar-refractivity contribution is -0.123. The smallest absolute Gasteiger partial charge is 0.268 e. The van der Waals surface area contributed by atoms with Gasteiger partial charge in [-0.15, -0.1) is 0 Å². The van der Waals surface area contributed by atoms with Gasteiger partial charge in [0.15, 0.2) is 0 Å². The van der Waals surface area contributed by atoms with Gasteiger partial charge in [-0.1, -0.05) is 70.7 Å². The highest BCUT2D eigenvalue weighted by Gasteiger charge is 2.60. The second kappa shape index (κ2) is 8.55. The van der Waals surface area contributed by atoms with E-state index >= 15 is 0 Å². The molecule has 2 aliphatic heterocycles. The summed E-state index contributed by atoms with van der Waals surface area (Å²) in [5, 5.41) is 1.87. The van der Waals surface area contributed by atoms with Crippen molar-refractivity contribution in [2.45, 2.75) is 25.9 Å². The van der Waals surface area contributed by atoms with E-state index in [9.17, 15) is 14.4 Å². The number of rotatable bonds is 3. The lowest BCUT2D eigenvalue weighted by Crippen LogP contribution is -2.48. The van der Waals surface area contributed by atoms with Crippen molar-refractivity contribution in [1.29, 1.82) is 0 Å². The SMILES string of the molecule is Cc1ccc(C(=O)N2N[C@H](c3ccc(C)cc3)[C@H]3C(=O)N(c4ccc(Cl)cc4Cl)C(=O)[C@@H]32)cc1. The van der Waals surface area contributed by atoms with E-state index in [0.29, 0.717) is 10.6 Å². The summed E-state index contributed by atoms with van der Waals surface area (Å²) in [4.78, 5) is 41.9. The second-order valence-electron chi connectivity index (χ2n) is 8.64. The van der Waals surface area contributed by atoms with Crippen molar-refractivity contribution in [1.82, 2.24) is 10.4 Å². The van der Waals surface area contributed by atoms with Crippen LogP contribution in [-0.4, -0.2) is 28.8 Å². The molecule has 3 aromatic rings. The first-order valence-corrected chi connectivity index (χ1v) is 11.6. The Bertz CT molecular complexity index is 1310. The van der Waals surface area contributed by atoms with Crippen molar-refractivity contribution in [3.8, 4) is 0 Å². The van der Waals surface area contributed by atoms with Gasteiger partial charge in [0, 0.05) is 10.6 Å². The molecule has 0 saturated carbocycles. The van der Waals surface area contributed by atoms with Gasteiger partial charge >= 0.3 is 0 Å². The summed E-state index contributed by atoms with van der Waals surface area (Å²) in [6.07, 6.45) is 0. The maximum absolute atomic E-state index is 13.7. The lowest BCUT2D eigenvalue weighted by atomic mass is 9.90. The van der Waals surface area contributed by atoms with Crippen LogP contribution < -0.4 is 10.3 Å². The van der Waals surface area contributed by atoms with E-state index in [4.69, 9.17) is 23.2 Å². The summed E-state index contributed by atoms with van der Waals surface area (Å²) in [7, 11) is 0. The Balaban J connectivity index is 1.59. The van der Waals surface area contributed by atoms with Crippen LogP contribution in [0.25, 0.3) is 0 Å². The Labute approximate surface area is 207 Å². The number of carbonyl (C=O) groups excluding carboxylic acids is 3. The van der Waals surface area contributed by atoms with E-state index < -0.39 is 29.8 Å². The molecule has 0 bridgehead atoms. The predicted octanol–water partition coefficient (Wildman–Crippen LogP) is 4.87. The van der Waals surface area contributed by atoms with Crippen LogP contribution in [0.15, 0.2) is 66.7 Å². The first-order chi connectivity index (χ1) is 16.3. The third kappa shape index (κ3) is 3.68. The van der Waals surface area contributed by atoms with Gasteiger partial charge in [0.1, 0.15) is 6.04 Å². The van der Waals surface area contributed by atoms with Gasteiger partial charge in [0.2, 0.25) is 5.91 Å². The van der Waals surface area contributed by atoms with Crippen LogP contribution in [0.3, 0.4) is 0 Å². The zero-order valence-electron chi connectivity index (χ0n) is 18.5. The van der Waals surface area contributed by atoms with Crippen molar-refractivity contribution in [3.05, 3.63) is 99.0 Å². The Morgan fingerprint density at radius 2 is 1.47 bits per heavy atom. The first kappa shape index (κ1) is 22.6. The van der Waals surface area contributed by atoms with Crippen LogP contribution in [0.4, 0.5) is 5.69 Å². The first-order valence-electron chi connectivity index (χ1n) is 10.8. The number of fused-ring (bicyclic) bond motifs is 1. The Hall–Kier alpha value is -3.19. The summed E-state index contributed by atoms with van der Waals surface area (Å²) in [6, 6.07) is 17.8. The summed E-state index contributed by atoms with van der Waals surface area (Å²) in [5.74, 6) is -2.12. The Kier molecular flexibility index (Phi) is 5.68. The molecule has 3 amide bonds. The van der Waals surface area contributed by atoms with Gasteiger partial charge in [-0.25, -0.2) is 10.3 Å². The number of anilines is 1. The van der Waals surface area contributed by atoms with Crippen molar-refractivity contribution in [2.75, 3.05) is 4.90 Å². The fourth-order valence-corrected chi connectivity index (χ4v) is 5.05. The summed E-state index contributed by atoms with van der Waals surface area (Å²) in [6.45, 7) is 3.90. The average molecular weight is 494 g/mol. The van der Waals surface area contributed by atoms with Crippen molar-refractivity contribution < 1.29 is 14.4 Å². The van der Waals surface area contributed by atoms with Crippen molar-refractivity contribution >= 4 is 46.6 Å². The minimum Gasteiger partial charge on any atom is -0.274 e. The van der Waals surface area contributed by atoms with Crippen LogP contribution in [0.1, 0.15) is 33.1 Å².